The number of sulfonamides is 1. The maximum absolute atomic E-state index is 13.4. The molecule has 0 saturated heterocycles. The Kier molecular flexibility index (Phi) is 8.36. The van der Waals surface area contributed by atoms with Crippen LogP contribution in [0.15, 0.2) is 71.6 Å². The minimum absolute atomic E-state index is 0.0393. The molecule has 1 amide bonds. The standard InChI is InChI=1S/C24H24ClFN2O5S/c1-17-3-10-21(11-4-17)34(30,31)28(19-7-12-23(32-2)22(25)15-19)16-24(29)27-13-14-33-20-8-5-18(26)6-9-20/h3-12,15H,13-14,16H2,1-2H3,(H,27,29). The Balaban J connectivity index is 1.75. The molecule has 0 fully saturated rings. The normalized spacial score (nSPS) is 11.1. The van der Waals surface area contributed by atoms with Gasteiger partial charge in [0.1, 0.15) is 30.5 Å². The molecule has 0 aliphatic rings. The number of hydrogen-bond acceptors (Lipinski definition) is 5. The highest BCUT2D eigenvalue weighted by Crippen LogP contribution is 2.32. The third-order valence-corrected chi connectivity index (χ3v) is 6.91. The number of ether oxygens (including phenoxy) is 2. The highest BCUT2D eigenvalue weighted by Gasteiger charge is 2.27. The number of aryl methyl sites for hydroxylation is 1. The fourth-order valence-electron chi connectivity index (χ4n) is 3.04. The van der Waals surface area contributed by atoms with E-state index in [2.05, 4.69) is 5.32 Å². The van der Waals surface area contributed by atoms with Crippen LogP contribution >= 0.6 is 11.6 Å². The van der Waals surface area contributed by atoms with E-state index in [1.165, 1.54) is 61.7 Å². The van der Waals surface area contributed by atoms with Gasteiger partial charge in [-0.15, -0.1) is 0 Å². The van der Waals surface area contributed by atoms with Gasteiger partial charge in [0.15, 0.2) is 0 Å². The van der Waals surface area contributed by atoms with Crippen LogP contribution in [0.25, 0.3) is 0 Å². The zero-order chi connectivity index (χ0) is 24.7. The first-order chi connectivity index (χ1) is 16.2. The molecule has 0 unspecified atom stereocenters. The lowest BCUT2D eigenvalue weighted by Gasteiger charge is -2.24. The summed E-state index contributed by atoms with van der Waals surface area (Å²) in [7, 11) is -2.63. The van der Waals surface area contributed by atoms with Crippen LogP contribution in [0.2, 0.25) is 5.02 Å². The van der Waals surface area contributed by atoms with Crippen LogP contribution in [-0.2, 0) is 14.8 Å². The minimum atomic E-state index is -4.07. The maximum atomic E-state index is 13.4. The van der Waals surface area contributed by atoms with E-state index in [0.29, 0.717) is 11.5 Å². The average Bonchev–Trinajstić information content (AvgIpc) is 2.81. The van der Waals surface area contributed by atoms with Crippen LogP contribution in [0.4, 0.5) is 10.1 Å². The Morgan fingerprint density at radius 2 is 1.74 bits per heavy atom. The molecule has 0 aromatic heterocycles. The molecule has 180 valence electrons. The van der Waals surface area contributed by atoms with Crippen molar-refractivity contribution in [2.75, 3.05) is 31.1 Å². The van der Waals surface area contributed by atoms with Gasteiger partial charge in [-0.25, -0.2) is 12.8 Å². The number of anilines is 1. The first-order valence-electron chi connectivity index (χ1n) is 10.3. The Morgan fingerprint density at radius 1 is 1.06 bits per heavy atom. The SMILES string of the molecule is COc1ccc(N(CC(=O)NCCOc2ccc(F)cc2)S(=O)(=O)c2ccc(C)cc2)cc1Cl. The lowest BCUT2D eigenvalue weighted by Crippen LogP contribution is -2.42. The van der Waals surface area contributed by atoms with Crippen LogP contribution in [-0.4, -0.2) is 41.1 Å². The lowest BCUT2D eigenvalue weighted by atomic mass is 10.2. The summed E-state index contributed by atoms with van der Waals surface area (Å²) in [6, 6.07) is 16.3. The van der Waals surface area contributed by atoms with Crippen molar-refractivity contribution in [2.45, 2.75) is 11.8 Å². The van der Waals surface area contributed by atoms with Gasteiger partial charge in [-0.3, -0.25) is 9.10 Å². The second kappa shape index (κ2) is 11.2. The van der Waals surface area contributed by atoms with Gasteiger partial charge in [0.2, 0.25) is 5.91 Å². The van der Waals surface area contributed by atoms with E-state index in [4.69, 9.17) is 21.1 Å². The van der Waals surface area contributed by atoms with Crippen molar-refractivity contribution in [3.8, 4) is 11.5 Å². The van der Waals surface area contributed by atoms with E-state index in [1.807, 2.05) is 6.92 Å². The Bertz CT molecular complexity index is 1240. The molecule has 0 bridgehead atoms. The third-order valence-electron chi connectivity index (χ3n) is 4.83. The second-order valence-corrected chi connectivity index (χ2v) is 9.57. The van der Waals surface area contributed by atoms with Crippen molar-refractivity contribution in [1.82, 2.24) is 5.32 Å². The van der Waals surface area contributed by atoms with E-state index in [0.717, 1.165) is 9.87 Å². The summed E-state index contributed by atoms with van der Waals surface area (Å²) in [6.45, 7) is 1.61. The molecule has 0 atom stereocenters. The molecule has 3 rings (SSSR count). The highest BCUT2D eigenvalue weighted by molar-refractivity contribution is 7.92. The quantitative estimate of drug-likeness (QED) is 0.417. The predicted molar refractivity (Wildman–Crippen MR) is 129 cm³/mol. The fraction of sp³-hybridized carbons (Fsp3) is 0.208. The van der Waals surface area contributed by atoms with Crippen molar-refractivity contribution < 1.29 is 27.1 Å². The van der Waals surface area contributed by atoms with Crippen LogP contribution in [0.5, 0.6) is 11.5 Å². The van der Waals surface area contributed by atoms with Crippen LogP contribution < -0.4 is 19.1 Å². The van der Waals surface area contributed by atoms with Crippen molar-refractivity contribution in [2.24, 2.45) is 0 Å². The molecule has 3 aromatic rings. The third kappa shape index (κ3) is 6.39. The van der Waals surface area contributed by atoms with Crippen molar-refractivity contribution in [3.63, 3.8) is 0 Å². The van der Waals surface area contributed by atoms with E-state index in [9.17, 15) is 17.6 Å². The molecule has 1 N–H and O–H groups in total. The monoisotopic (exact) mass is 506 g/mol. The number of benzene rings is 3. The smallest absolute Gasteiger partial charge is 0.264 e. The number of hydrogen-bond donors (Lipinski definition) is 1. The molecule has 0 saturated carbocycles. The van der Waals surface area contributed by atoms with Crippen LogP contribution in [0.3, 0.4) is 0 Å². The maximum Gasteiger partial charge on any atom is 0.264 e. The van der Waals surface area contributed by atoms with E-state index >= 15 is 0 Å². The number of amides is 1. The molecular weight excluding hydrogens is 483 g/mol. The number of halogens is 2. The van der Waals surface area contributed by atoms with Crippen LogP contribution in [0.1, 0.15) is 5.56 Å². The summed E-state index contributed by atoms with van der Waals surface area (Å²) in [5, 5.41) is 2.84. The van der Waals surface area contributed by atoms with Gasteiger partial charge in [-0.05, 0) is 61.5 Å². The first kappa shape index (κ1) is 25.3. The lowest BCUT2D eigenvalue weighted by molar-refractivity contribution is -0.119. The summed E-state index contributed by atoms with van der Waals surface area (Å²) in [6.07, 6.45) is 0. The molecule has 10 heteroatoms. The zero-order valence-corrected chi connectivity index (χ0v) is 20.2. The summed E-state index contributed by atoms with van der Waals surface area (Å²) in [5.74, 6) is -0.0907. The number of carbonyl (C=O) groups is 1. The zero-order valence-electron chi connectivity index (χ0n) is 18.6. The summed E-state index contributed by atoms with van der Waals surface area (Å²) in [5.41, 5.74) is 1.11. The molecule has 3 aromatic carbocycles. The summed E-state index contributed by atoms with van der Waals surface area (Å²) < 4.78 is 51.3. The molecule has 34 heavy (non-hydrogen) atoms. The topological polar surface area (TPSA) is 84.9 Å². The van der Waals surface area contributed by atoms with Crippen molar-refractivity contribution in [3.05, 3.63) is 83.1 Å². The van der Waals surface area contributed by atoms with Gasteiger partial charge in [-0.1, -0.05) is 29.3 Å². The Labute approximate surface area is 203 Å². The molecule has 0 aliphatic heterocycles. The van der Waals surface area contributed by atoms with Crippen LogP contribution in [0, 0.1) is 12.7 Å². The molecular formula is C24H24ClFN2O5S. The van der Waals surface area contributed by atoms with E-state index in [-0.39, 0.29) is 34.6 Å². The number of nitrogens with zero attached hydrogens (tertiary/aromatic N) is 1. The largest absolute Gasteiger partial charge is 0.495 e. The number of nitrogens with one attached hydrogen (secondary N) is 1. The van der Waals surface area contributed by atoms with Gasteiger partial charge in [0, 0.05) is 0 Å². The molecule has 0 aliphatic carbocycles. The predicted octanol–water partition coefficient (Wildman–Crippen LogP) is 4.19. The molecule has 7 nitrogen and oxygen atoms in total. The fourth-order valence-corrected chi connectivity index (χ4v) is 4.70. The number of rotatable bonds is 10. The number of methoxy groups -OCH3 is 1. The molecule has 0 heterocycles. The highest BCUT2D eigenvalue weighted by atomic mass is 35.5. The first-order valence-corrected chi connectivity index (χ1v) is 12.1. The van der Waals surface area contributed by atoms with Crippen molar-refractivity contribution >= 4 is 33.2 Å². The molecule has 0 radical (unpaired) electrons. The second-order valence-electron chi connectivity index (χ2n) is 7.30. The number of carbonyl (C=O) groups excluding carboxylic acids is 1. The van der Waals surface area contributed by atoms with E-state index < -0.39 is 22.5 Å². The average molecular weight is 507 g/mol. The Hall–Kier alpha value is -3.30. The van der Waals surface area contributed by atoms with Crippen molar-refractivity contribution in [1.29, 1.82) is 0 Å². The summed E-state index contributed by atoms with van der Waals surface area (Å²) >= 11 is 6.21. The molecule has 0 spiro atoms. The van der Waals surface area contributed by atoms with Gasteiger partial charge in [0.25, 0.3) is 10.0 Å². The van der Waals surface area contributed by atoms with E-state index in [1.54, 1.807) is 12.1 Å². The van der Waals surface area contributed by atoms with Gasteiger partial charge in [0.05, 0.1) is 29.3 Å². The Morgan fingerprint density at radius 3 is 2.35 bits per heavy atom. The summed E-state index contributed by atoms with van der Waals surface area (Å²) in [4.78, 5) is 12.7. The van der Waals surface area contributed by atoms with Gasteiger partial charge in [-0.2, -0.15) is 0 Å². The minimum Gasteiger partial charge on any atom is -0.495 e. The van der Waals surface area contributed by atoms with Gasteiger partial charge < -0.3 is 14.8 Å². The van der Waals surface area contributed by atoms with Gasteiger partial charge >= 0.3 is 0 Å².